The Morgan fingerprint density at radius 2 is 2.18 bits per heavy atom. The summed E-state index contributed by atoms with van der Waals surface area (Å²) >= 11 is 0. The zero-order valence-electron chi connectivity index (χ0n) is 10.5. The van der Waals surface area contributed by atoms with Crippen LogP contribution in [0.3, 0.4) is 0 Å². The molecule has 3 nitrogen and oxygen atoms in total. The molecule has 0 N–H and O–H groups in total. The van der Waals surface area contributed by atoms with Gasteiger partial charge in [-0.3, -0.25) is 0 Å². The van der Waals surface area contributed by atoms with Crippen LogP contribution in [0.1, 0.15) is 17.2 Å². The van der Waals surface area contributed by atoms with Crippen LogP contribution < -0.4 is 4.74 Å². The number of fused-ring (bicyclic) bond motifs is 1. The summed E-state index contributed by atoms with van der Waals surface area (Å²) in [6.45, 7) is 7.01. The first-order chi connectivity index (χ1) is 7.99. The number of benzene rings is 1. The van der Waals surface area contributed by atoms with Crippen LogP contribution in [0.5, 0.6) is 5.75 Å². The molecule has 0 saturated heterocycles. The summed E-state index contributed by atoms with van der Waals surface area (Å²) in [6.07, 6.45) is 0.474. The average Bonchev–Trinajstić information content (AvgIpc) is 2.71. The second-order valence-electron chi connectivity index (χ2n) is 5.20. The van der Waals surface area contributed by atoms with Gasteiger partial charge in [-0.25, -0.2) is 0 Å². The highest BCUT2D eigenvalue weighted by Crippen LogP contribution is 2.30. The van der Waals surface area contributed by atoms with Crippen molar-refractivity contribution in [3.8, 4) is 11.8 Å². The Balaban J connectivity index is 2.24. The minimum Gasteiger partial charge on any atom is -0.493 e. The summed E-state index contributed by atoms with van der Waals surface area (Å²) in [6, 6.07) is 8.14. The summed E-state index contributed by atoms with van der Waals surface area (Å²) in [5.41, 5.74) is 2.13. The molecule has 1 atom stereocenters. The van der Waals surface area contributed by atoms with Crippen LogP contribution in [-0.4, -0.2) is 14.9 Å². The predicted molar refractivity (Wildman–Crippen MR) is 68.4 cm³/mol. The Bertz CT molecular complexity index is 459. The van der Waals surface area contributed by atoms with Crippen LogP contribution in [0.2, 0.25) is 19.6 Å². The fraction of sp³-hybridized carbons (Fsp3) is 0.462. The summed E-state index contributed by atoms with van der Waals surface area (Å²) in [7, 11) is -1.70. The van der Waals surface area contributed by atoms with Gasteiger partial charge in [0.2, 0.25) is 0 Å². The van der Waals surface area contributed by atoms with Crippen LogP contribution >= 0.6 is 0 Å². The molecule has 1 aliphatic heterocycles. The second-order valence-corrected chi connectivity index (χ2v) is 9.67. The van der Waals surface area contributed by atoms with E-state index in [1.165, 1.54) is 5.56 Å². The van der Waals surface area contributed by atoms with E-state index in [4.69, 9.17) is 9.16 Å². The molecule has 90 valence electrons. The fourth-order valence-corrected chi connectivity index (χ4v) is 2.79. The molecule has 0 bridgehead atoms. The van der Waals surface area contributed by atoms with E-state index in [1.54, 1.807) is 0 Å². The molecule has 1 aromatic carbocycles. The smallest absolute Gasteiger partial charge is 0.186 e. The highest BCUT2D eigenvalue weighted by molar-refractivity contribution is 6.69. The van der Waals surface area contributed by atoms with Gasteiger partial charge in [0, 0.05) is 6.42 Å². The van der Waals surface area contributed by atoms with Crippen molar-refractivity contribution in [1.29, 1.82) is 5.26 Å². The maximum Gasteiger partial charge on any atom is 0.186 e. The van der Waals surface area contributed by atoms with E-state index < -0.39 is 14.4 Å². The van der Waals surface area contributed by atoms with Crippen molar-refractivity contribution in [3.05, 3.63) is 29.3 Å². The Morgan fingerprint density at radius 1 is 1.41 bits per heavy atom. The number of hydrogen-bond acceptors (Lipinski definition) is 3. The molecular weight excluding hydrogens is 230 g/mol. The third-order valence-corrected chi connectivity index (χ3v) is 3.55. The summed E-state index contributed by atoms with van der Waals surface area (Å²) in [5, 5.41) is 9.21. The van der Waals surface area contributed by atoms with E-state index in [-0.39, 0.29) is 0 Å². The highest BCUT2D eigenvalue weighted by atomic mass is 28.4. The first-order valence-electron chi connectivity index (χ1n) is 5.83. The van der Waals surface area contributed by atoms with Crippen molar-refractivity contribution in [1.82, 2.24) is 0 Å². The van der Waals surface area contributed by atoms with Crippen LogP contribution in [0.25, 0.3) is 0 Å². The number of ether oxygens (including phenoxy) is 1. The van der Waals surface area contributed by atoms with Gasteiger partial charge in [-0.15, -0.1) is 0 Å². The SMILES string of the molecule is C[Si](C)(C)OC(C#N)c1ccc2c(c1)CCO2. The maximum absolute atomic E-state index is 9.21. The van der Waals surface area contributed by atoms with Gasteiger partial charge in [-0.2, -0.15) is 5.26 Å². The third kappa shape index (κ3) is 2.87. The van der Waals surface area contributed by atoms with E-state index in [0.29, 0.717) is 0 Å². The quantitative estimate of drug-likeness (QED) is 0.771. The molecule has 0 amide bonds. The van der Waals surface area contributed by atoms with E-state index in [1.807, 2.05) is 18.2 Å². The second kappa shape index (κ2) is 4.51. The van der Waals surface area contributed by atoms with Gasteiger partial charge < -0.3 is 9.16 Å². The van der Waals surface area contributed by atoms with Crippen LogP contribution in [0, 0.1) is 11.3 Å². The van der Waals surface area contributed by atoms with E-state index in [0.717, 1.165) is 24.3 Å². The molecule has 0 saturated carbocycles. The van der Waals surface area contributed by atoms with E-state index >= 15 is 0 Å². The molecule has 17 heavy (non-hydrogen) atoms. The average molecular weight is 247 g/mol. The molecule has 0 aromatic heterocycles. The van der Waals surface area contributed by atoms with Gasteiger partial charge >= 0.3 is 0 Å². The third-order valence-electron chi connectivity index (χ3n) is 2.60. The molecule has 2 rings (SSSR count). The molecule has 1 aliphatic rings. The molecule has 0 radical (unpaired) electrons. The minimum absolute atomic E-state index is 0.451. The lowest BCUT2D eigenvalue weighted by Gasteiger charge is -2.22. The molecule has 0 fully saturated rings. The number of hydrogen-bond donors (Lipinski definition) is 0. The van der Waals surface area contributed by atoms with Gasteiger partial charge in [0.1, 0.15) is 5.75 Å². The zero-order chi connectivity index (χ0) is 12.5. The molecule has 4 heteroatoms. The van der Waals surface area contributed by atoms with Crippen LogP contribution in [-0.2, 0) is 10.8 Å². The van der Waals surface area contributed by atoms with E-state index in [2.05, 4.69) is 25.7 Å². The fourth-order valence-electron chi connectivity index (χ4n) is 1.89. The van der Waals surface area contributed by atoms with Crippen molar-refractivity contribution < 1.29 is 9.16 Å². The molecule has 1 aromatic rings. The van der Waals surface area contributed by atoms with Gasteiger partial charge in [-0.05, 0) is 42.9 Å². The van der Waals surface area contributed by atoms with Crippen molar-refractivity contribution in [2.24, 2.45) is 0 Å². The van der Waals surface area contributed by atoms with Crippen LogP contribution in [0.15, 0.2) is 18.2 Å². The predicted octanol–water partition coefficient (Wildman–Crippen LogP) is 3.04. The number of nitriles is 1. The standard InChI is InChI=1S/C13H17NO2Si/c1-17(2,3)16-13(9-14)10-4-5-12-11(8-10)6-7-15-12/h4-5,8,13H,6-7H2,1-3H3. The van der Waals surface area contributed by atoms with Crippen molar-refractivity contribution in [3.63, 3.8) is 0 Å². The zero-order valence-corrected chi connectivity index (χ0v) is 11.5. The minimum atomic E-state index is -1.70. The largest absolute Gasteiger partial charge is 0.493 e. The molecule has 0 spiro atoms. The van der Waals surface area contributed by atoms with E-state index in [9.17, 15) is 5.26 Å². The molecule has 1 unspecified atom stereocenters. The lowest BCUT2D eigenvalue weighted by molar-refractivity contribution is 0.255. The molecule has 0 aliphatic carbocycles. The lowest BCUT2D eigenvalue weighted by Crippen LogP contribution is -2.27. The maximum atomic E-state index is 9.21. The lowest BCUT2D eigenvalue weighted by atomic mass is 10.1. The van der Waals surface area contributed by atoms with Gasteiger partial charge in [-0.1, -0.05) is 6.07 Å². The summed E-state index contributed by atoms with van der Waals surface area (Å²) < 4.78 is 11.3. The van der Waals surface area contributed by atoms with Gasteiger partial charge in [0.25, 0.3) is 0 Å². The highest BCUT2D eigenvalue weighted by Gasteiger charge is 2.23. The Labute approximate surface area is 103 Å². The molecule has 1 heterocycles. The summed E-state index contributed by atoms with van der Waals surface area (Å²) in [5.74, 6) is 0.943. The number of nitrogens with zero attached hydrogens (tertiary/aromatic N) is 1. The Kier molecular flexibility index (Phi) is 3.23. The first-order valence-corrected chi connectivity index (χ1v) is 9.23. The first kappa shape index (κ1) is 12.2. The monoisotopic (exact) mass is 247 g/mol. The van der Waals surface area contributed by atoms with Gasteiger partial charge in [0.15, 0.2) is 14.4 Å². The number of rotatable bonds is 3. The Hall–Kier alpha value is -1.31. The van der Waals surface area contributed by atoms with Gasteiger partial charge in [0.05, 0.1) is 12.7 Å². The normalized spacial score (nSPS) is 15.9. The van der Waals surface area contributed by atoms with Crippen molar-refractivity contribution in [2.75, 3.05) is 6.61 Å². The molecular formula is C13H17NO2Si. The topological polar surface area (TPSA) is 42.2 Å². The van der Waals surface area contributed by atoms with Crippen molar-refractivity contribution in [2.45, 2.75) is 32.2 Å². The Morgan fingerprint density at radius 3 is 2.82 bits per heavy atom. The van der Waals surface area contributed by atoms with Crippen LogP contribution in [0.4, 0.5) is 0 Å². The van der Waals surface area contributed by atoms with Crippen molar-refractivity contribution >= 4 is 8.32 Å². The summed E-state index contributed by atoms with van der Waals surface area (Å²) in [4.78, 5) is 0.